The van der Waals surface area contributed by atoms with Crippen LogP contribution in [0.4, 0.5) is 0 Å². The molecule has 0 spiro atoms. The van der Waals surface area contributed by atoms with Gasteiger partial charge in [-0.05, 0) is 12.1 Å². The first-order chi connectivity index (χ1) is 7.26. The molecule has 0 aliphatic heterocycles. The molecule has 0 unspecified atom stereocenters. The Bertz CT molecular complexity index is 509. The van der Waals surface area contributed by atoms with Gasteiger partial charge in [0.25, 0.3) is 0 Å². The van der Waals surface area contributed by atoms with E-state index >= 15 is 0 Å². The van der Waals surface area contributed by atoms with Crippen LogP contribution in [0.3, 0.4) is 0 Å². The third-order valence-electron chi connectivity index (χ3n) is 2.00. The minimum atomic E-state index is -0.0297. The highest BCUT2D eigenvalue weighted by molar-refractivity contribution is 9.09. The number of oxazole rings is 1. The Morgan fingerprint density at radius 1 is 1.53 bits per heavy atom. The van der Waals surface area contributed by atoms with Crippen molar-refractivity contribution in [2.24, 2.45) is 0 Å². The van der Waals surface area contributed by atoms with Crippen LogP contribution in [0.5, 0.6) is 0 Å². The number of hydrogen-bond donors (Lipinski definition) is 0. The van der Waals surface area contributed by atoms with Crippen LogP contribution >= 0.6 is 27.5 Å². The summed E-state index contributed by atoms with van der Waals surface area (Å²) in [7, 11) is 0. The number of rotatable bonds is 3. The molecule has 2 rings (SSSR count). The molecular weight excluding hydrogens is 281 g/mol. The maximum absolute atomic E-state index is 11.6. The molecule has 0 aliphatic rings. The van der Waals surface area contributed by atoms with Gasteiger partial charge in [0, 0.05) is 0 Å². The summed E-state index contributed by atoms with van der Waals surface area (Å²) in [6.45, 7) is 0. The summed E-state index contributed by atoms with van der Waals surface area (Å²) in [6, 6.07) is 5.29. The predicted octanol–water partition coefficient (Wildman–Crippen LogP) is 3.14. The van der Waals surface area contributed by atoms with Crippen molar-refractivity contribution in [1.82, 2.24) is 4.98 Å². The lowest BCUT2D eigenvalue weighted by Gasteiger charge is -1.96. The molecule has 2 aromatic rings. The first-order valence-electron chi connectivity index (χ1n) is 4.30. The fraction of sp³-hybridized carbons (Fsp3) is 0.200. The number of Topliss-reactive ketones (excluding diaryl/α,β-unsaturated/α-hetero) is 1. The quantitative estimate of drug-likeness (QED) is 0.644. The normalized spacial score (nSPS) is 10.8. The van der Waals surface area contributed by atoms with Crippen molar-refractivity contribution < 1.29 is 9.21 Å². The van der Waals surface area contributed by atoms with Gasteiger partial charge in [0.1, 0.15) is 5.52 Å². The fourth-order valence-corrected chi connectivity index (χ4v) is 1.76. The standard InChI is InChI=1S/C10H7BrClNO2/c11-4-8(14)6-2-1-3-7-10(6)15-9(5-12)13-7/h1-3H,4-5H2. The van der Waals surface area contributed by atoms with Crippen molar-refractivity contribution in [1.29, 1.82) is 0 Å². The summed E-state index contributed by atoms with van der Waals surface area (Å²) in [5.41, 5.74) is 1.71. The van der Waals surface area contributed by atoms with Crippen LogP contribution in [0.15, 0.2) is 22.6 Å². The van der Waals surface area contributed by atoms with Gasteiger partial charge in [-0.2, -0.15) is 0 Å². The van der Waals surface area contributed by atoms with E-state index in [9.17, 15) is 4.79 Å². The Labute approximate surface area is 99.6 Å². The maximum Gasteiger partial charge on any atom is 0.210 e. The molecule has 0 atom stereocenters. The molecule has 0 aliphatic carbocycles. The van der Waals surface area contributed by atoms with Crippen molar-refractivity contribution in [2.75, 3.05) is 5.33 Å². The second kappa shape index (κ2) is 4.33. The third-order valence-corrected chi connectivity index (χ3v) is 2.73. The second-order valence-corrected chi connectivity index (χ2v) is 3.78. The number of hydrogen-bond acceptors (Lipinski definition) is 3. The molecule has 0 saturated heterocycles. The molecular formula is C10H7BrClNO2. The van der Waals surface area contributed by atoms with E-state index < -0.39 is 0 Å². The van der Waals surface area contributed by atoms with Crippen LogP contribution in [0.1, 0.15) is 16.2 Å². The van der Waals surface area contributed by atoms with Crippen molar-refractivity contribution in [2.45, 2.75) is 5.88 Å². The summed E-state index contributed by atoms with van der Waals surface area (Å²) < 4.78 is 5.39. The van der Waals surface area contributed by atoms with Crippen LogP contribution in [0.2, 0.25) is 0 Å². The Morgan fingerprint density at radius 2 is 2.33 bits per heavy atom. The van der Waals surface area contributed by atoms with Crippen LogP contribution < -0.4 is 0 Å². The largest absolute Gasteiger partial charge is 0.439 e. The van der Waals surface area contributed by atoms with Crippen LogP contribution in [-0.4, -0.2) is 16.1 Å². The van der Waals surface area contributed by atoms with Crippen molar-refractivity contribution in [3.05, 3.63) is 29.7 Å². The lowest BCUT2D eigenvalue weighted by Crippen LogP contribution is -1.99. The average Bonchev–Trinajstić information content (AvgIpc) is 2.70. The molecule has 3 nitrogen and oxygen atoms in total. The van der Waals surface area contributed by atoms with E-state index in [1.807, 2.05) is 0 Å². The topological polar surface area (TPSA) is 43.1 Å². The van der Waals surface area contributed by atoms with E-state index in [0.717, 1.165) is 0 Å². The van der Waals surface area contributed by atoms with E-state index in [-0.39, 0.29) is 17.0 Å². The molecule has 0 bridgehead atoms. The number of halogens is 2. The molecule has 1 aromatic carbocycles. The van der Waals surface area contributed by atoms with Gasteiger partial charge in [0.15, 0.2) is 11.4 Å². The molecule has 15 heavy (non-hydrogen) atoms. The van der Waals surface area contributed by atoms with Crippen molar-refractivity contribution in [3.63, 3.8) is 0 Å². The van der Waals surface area contributed by atoms with Gasteiger partial charge in [-0.25, -0.2) is 4.98 Å². The smallest absolute Gasteiger partial charge is 0.210 e. The second-order valence-electron chi connectivity index (χ2n) is 2.95. The molecule has 0 radical (unpaired) electrons. The van der Waals surface area contributed by atoms with Crippen LogP contribution in [0, 0.1) is 0 Å². The molecule has 0 saturated carbocycles. The van der Waals surface area contributed by atoms with E-state index in [0.29, 0.717) is 22.6 Å². The number of ketones is 1. The number of alkyl halides is 2. The zero-order valence-electron chi connectivity index (χ0n) is 7.67. The van der Waals surface area contributed by atoms with Gasteiger partial charge in [-0.3, -0.25) is 4.79 Å². The monoisotopic (exact) mass is 287 g/mol. The Hall–Kier alpha value is -0.870. The van der Waals surface area contributed by atoms with Gasteiger partial charge in [-0.1, -0.05) is 22.0 Å². The lowest BCUT2D eigenvalue weighted by molar-refractivity contribution is 0.102. The highest BCUT2D eigenvalue weighted by atomic mass is 79.9. The summed E-state index contributed by atoms with van der Waals surface area (Å²) >= 11 is 8.74. The zero-order chi connectivity index (χ0) is 10.8. The number of carbonyl (C=O) groups is 1. The number of nitrogens with zero attached hydrogens (tertiary/aromatic N) is 1. The Balaban J connectivity index is 2.64. The molecule has 0 amide bonds. The molecule has 0 N–H and O–H groups in total. The van der Waals surface area contributed by atoms with Crippen molar-refractivity contribution >= 4 is 44.4 Å². The predicted molar refractivity (Wildman–Crippen MR) is 61.7 cm³/mol. The number of para-hydroxylation sites is 1. The highest BCUT2D eigenvalue weighted by Gasteiger charge is 2.13. The number of fused-ring (bicyclic) bond motifs is 1. The van der Waals surface area contributed by atoms with Crippen molar-refractivity contribution in [3.8, 4) is 0 Å². The average molecular weight is 289 g/mol. The maximum atomic E-state index is 11.6. The fourth-order valence-electron chi connectivity index (χ4n) is 1.34. The number of benzene rings is 1. The van der Waals surface area contributed by atoms with Gasteiger partial charge < -0.3 is 4.42 Å². The van der Waals surface area contributed by atoms with Crippen LogP contribution in [0.25, 0.3) is 11.1 Å². The Morgan fingerprint density at radius 3 is 3.00 bits per heavy atom. The van der Waals surface area contributed by atoms with E-state index in [4.69, 9.17) is 16.0 Å². The van der Waals surface area contributed by atoms with Crippen LogP contribution in [-0.2, 0) is 5.88 Å². The van der Waals surface area contributed by atoms with Gasteiger partial charge >= 0.3 is 0 Å². The third kappa shape index (κ3) is 1.92. The molecule has 0 fully saturated rings. The lowest BCUT2D eigenvalue weighted by atomic mass is 10.1. The zero-order valence-corrected chi connectivity index (χ0v) is 10.0. The summed E-state index contributed by atoms with van der Waals surface area (Å²) in [6.07, 6.45) is 0. The minimum Gasteiger partial charge on any atom is -0.439 e. The van der Waals surface area contributed by atoms with E-state index in [1.165, 1.54) is 0 Å². The first-order valence-corrected chi connectivity index (χ1v) is 5.95. The summed E-state index contributed by atoms with van der Waals surface area (Å²) in [5.74, 6) is 0.607. The van der Waals surface area contributed by atoms with Gasteiger partial charge in [-0.15, -0.1) is 11.6 Å². The number of aromatic nitrogens is 1. The molecule has 78 valence electrons. The van der Waals surface area contributed by atoms with E-state index in [1.54, 1.807) is 18.2 Å². The molecule has 1 heterocycles. The molecule has 5 heteroatoms. The highest BCUT2D eigenvalue weighted by Crippen LogP contribution is 2.21. The SMILES string of the molecule is O=C(CBr)c1cccc2nc(CCl)oc12. The minimum absolute atomic E-state index is 0.0297. The summed E-state index contributed by atoms with van der Waals surface area (Å²) in [5, 5.41) is 0.267. The van der Waals surface area contributed by atoms with Gasteiger partial charge in [0.2, 0.25) is 5.89 Å². The first kappa shape index (κ1) is 10.6. The van der Waals surface area contributed by atoms with E-state index in [2.05, 4.69) is 20.9 Å². The van der Waals surface area contributed by atoms with Gasteiger partial charge in [0.05, 0.1) is 16.8 Å². The molecule has 1 aromatic heterocycles. The Kier molecular flexibility index (Phi) is 3.07. The number of carbonyl (C=O) groups excluding carboxylic acids is 1. The summed E-state index contributed by atoms with van der Waals surface area (Å²) in [4.78, 5) is 15.7.